The van der Waals surface area contributed by atoms with E-state index in [1.807, 2.05) is 0 Å². The van der Waals surface area contributed by atoms with Gasteiger partial charge in [0, 0.05) is 12.6 Å². The molecule has 1 aromatic rings. The smallest absolute Gasteiger partial charge is 0.187 e. The Morgan fingerprint density at radius 1 is 1.75 bits per heavy atom. The SMILES string of the molecule is CCN(c1ncc(N)s1)C1CC1. The molecule has 1 heterocycles. The summed E-state index contributed by atoms with van der Waals surface area (Å²) in [4.78, 5) is 6.60. The Labute approximate surface area is 76.2 Å². The highest BCUT2D eigenvalue weighted by Crippen LogP contribution is 2.34. The number of rotatable bonds is 3. The van der Waals surface area contributed by atoms with Crippen LogP contribution in [0.5, 0.6) is 0 Å². The lowest BCUT2D eigenvalue weighted by Crippen LogP contribution is -2.24. The summed E-state index contributed by atoms with van der Waals surface area (Å²) < 4.78 is 0. The number of hydrogen-bond donors (Lipinski definition) is 1. The number of aromatic nitrogens is 1. The van der Waals surface area contributed by atoms with Gasteiger partial charge in [-0.1, -0.05) is 11.3 Å². The highest BCUT2D eigenvalue weighted by molar-refractivity contribution is 7.19. The molecule has 1 fully saturated rings. The maximum absolute atomic E-state index is 5.62. The van der Waals surface area contributed by atoms with E-state index in [2.05, 4.69) is 16.8 Å². The molecule has 0 atom stereocenters. The lowest BCUT2D eigenvalue weighted by molar-refractivity contribution is 0.821. The minimum Gasteiger partial charge on any atom is -0.389 e. The highest BCUT2D eigenvalue weighted by Gasteiger charge is 2.29. The Morgan fingerprint density at radius 3 is 2.92 bits per heavy atom. The van der Waals surface area contributed by atoms with Crippen LogP contribution in [0.15, 0.2) is 6.20 Å². The van der Waals surface area contributed by atoms with Crippen molar-refractivity contribution >= 4 is 21.5 Å². The summed E-state index contributed by atoms with van der Waals surface area (Å²) in [5.41, 5.74) is 5.62. The Hall–Kier alpha value is -0.770. The van der Waals surface area contributed by atoms with Crippen molar-refractivity contribution in [3.63, 3.8) is 0 Å². The molecule has 4 heteroatoms. The molecule has 0 saturated heterocycles. The highest BCUT2D eigenvalue weighted by atomic mass is 32.1. The Morgan fingerprint density at radius 2 is 2.50 bits per heavy atom. The Kier molecular flexibility index (Phi) is 1.92. The van der Waals surface area contributed by atoms with E-state index in [0.29, 0.717) is 0 Å². The van der Waals surface area contributed by atoms with Crippen molar-refractivity contribution in [2.45, 2.75) is 25.8 Å². The second-order valence-electron chi connectivity index (χ2n) is 3.06. The van der Waals surface area contributed by atoms with Crippen LogP contribution in [0.25, 0.3) is 0 Å². The summed E-state index contributed by atoms with van der Waals surface area (Å²) in [6, 6.07) is 0.737. The van der Waals surface area contributed by atoms with Gasteiger partial charge in [-0.05, 0) is 19.8 Å². The second-order valence-corrected chi connectivity index (χ2v) is 4.10. The Balaban J connectivity index is 2.15. The van der Waals surface area contributed by atoms with Crippen LogP contribution in [-0.2, 0) is 0 Å². The molecule has 2 rings (SSSR count). The summed E-state index contributed by atoms with van der Waals surface area (Å²) in [6.07, 6.45) is 4.37. The molecule has 1 aromatic heterocycles. The van der Waals surface area contributed by atoms with Gasteiger partial charge < -0.3 is 10.6 Å². The molecule has 0 spiro atoms. The third-order valence-electron chi connectivity index (χ3n) is 2.09. The van der Waals surface area contributed by atoms with Crippen molar-refractivity contribution in [1.82, 2.24) is 4.98 Å². The van der Waals surface area contributed by atoms with E-state index in [9.17, 15) is 0 Å². The fourth-order valence-electron chi connectivity index (χ4n) is 1.35. The zero-order valence-electron chi connectivity index (χ0n) is 7.16. The number of nitrogen functional groups attached to an aromatic ring is 1. The first-order valence-corrected chi connectivity index (χ1v) is 5.11. The zero-order valence-corrected chi connectivity index (χ0v) is 7.97. The Bertz CT molecular complexity index is 267. The van der Waals surface area contributed by atoms with Crippen LogP contribution in [0.2, 0.25) is 0 Å². The van der Waals surface area contributed by atoms with Crippen LogP contribution in [-0.4, -0.2) is 17.6 Å². The zero-order chi connectivity index (χ0) is 8.55. The lowest BCUT2D eigenvalue weighted by Gasteiger charge is -2.18. The van der Waals surface area contributed by atoms with Gasteiger partial charge in [-0.3, -0.25) is 0 Å². The number of anilines is 2. The molecule has 0 aromatic carbocycles. The standard InChI is InChI=1S/C8H13N3S/c1-2-11(6-3-4-6)8-10-5-7(9)12-8/h5-6H,2-4,9H2,1H3. The third kappa shape index (κ3) is 1.39. The van der Waals surface area contributed by atoms with Crippen LogP contribution >= 0.6 is 11.3 Å². The van der Waals surface area contributed by atoms with Crippen molar-refractivity contribution in [2.24, 2.45) is 0 Å². The minimum atomic E-state index is 0.737. The third-order valence-corrected chi connectivity index (χ3v) is 2.95. The molecule has 0 amide bonds. The number of nitrogens with two attached hydrogens (primary N) is 1. The maximum atomic E-state index is 5.62. The summed E-state index contributed by atoms with van der Waals surface area (Å²) in [6.45, 7) is 3.20. The molecule has 2 N–H and O–H groups in total. The number of hydrogen-bond acceptors (Lipinski definition) is 4. The minimum absolute atomic E-state index is 0.737. The van der Waals surface area contributed by atoms with E-state index < -0.39 is 0 Å². The van der Waals surface area contributed by atoms with Gasteiger partial charge >= 0.3 is 0 Å². The first-order chi connectivity index (χ1) is 5.81. The number of nitrogens with zero attached hydrogens (tertiary/aromatic N) is 2. The van der Waals surface area contributed by atoms with E-state index in [4.69, 9.17) is 5.73 Å². The van der Waals surface area contributed by atoms with Gasteiger partial charge in [0.15, 0.2) is 5.13 Å². The summed E-state index contributed by atoms with van der Waals surface area (Å²) in [5.74, 6) is 0. The molecule has 0 bridgehead atoms. The first-order valence-electron chi connectivity index (χ1n) is 4.29. The predicted octanol–water partition coefficient (Wildman–Crippen LogP) is 1.71. The predicted molar refractivity (Wildman–Crippen MR) is 52.6 cm³/mol. The van der Waals surface area contributed by atoms with Gasteiger partial charge in [-0.2, -0.15) is 0 Å². The molecular formula is C8H13N3S. The monoisotopic (exact) mass is 183 g/mol. The second kappa shape index (κ2) is 2.94. The van der Waals surface area contributed by atoms with Crippen LogP contribution in [0.3, 0.4) is 0 Å². The van der Waals surface area contributed by atoms with Crippen molar-refractivity contribution in [3.05, 3.63) is 6.20 Å². The van der Waals surface area contributed by atoms with Crippen molar-refractivity contribution in [2.75, 3.05) is 17.2 Å². The molecule has 0 unspecified atom stereocenters. The fraction of sp³-hybridized carbons (Fsp3) is 0.625. The van der Waals surface area contributed by atoms with Crippen molar-refractivity contribution in [1.29, 1.82) is 0 Å². The van der Waals surface area contributed by atoms with Gasteiger partial charge in [0.2, 0.25) is 0 Å². The van der Waals surface area contributed by atoms with E-state index >= 15 is 0 Å². The van der Waals surface area contributed by atoms with E-state index in [-0.39, 0.29) is 0 Å². The summed E-state index contributed by atoms with van der Waals surface area (Å²) >= 11 is 1.58. The molecule has 0 aliphatic heterocycles. The summed E-state index contributed by atoms with van der Waals surface area (Å²) in [7, 11) is 0. The number of thiazole rings is 1. The van der Waals surface area contributed by atoms with Gasteiger partial charge in [0.1, 0.15) is 5.00 Å². The summed E-state index contributed by atoms with van der Waals surface area (Å²) in [5, 5.41) is 1.89. The van der Waals surface area contributed by atoms with Gasteiger partial charge in [0.25, 0.3) is 0 Å². The average molecular weight is 183 g/mol. The van der Waals surface area contributed by atoms with E-state index in [1.165, 1.54) is 12.8 Å². The first kappa shape index (κ1) is 7.86. The average Bonchev–Trinajstić information content (AvgIpc) is 2.78. The lowest BCUT2D eigenvalue weighted by atomic mass is 10.5. The van der Waals surface area contributed by atoms with Crippen LogP contribution < -0.4 is 10.6 Å². The van der Waals surface area contributed by atoms with Gasteiger partial charge in [-0.15, -0.1) is 0 Å². The fourth-order valence-corrected chi connectivity index (χ4v) is 2.16. The molecule has 1 saturated carbocycles. The molecular weight excluding hydrogens is 170 g/mol. The topological polar surface area (TPSA) is 42.2 Å². The van der Waals surface area contributed by atoms with Crippen molar-refractivity contribution in [3.8, 4) is 0 Å². The molecule has 0 radical (unpaired) electrons. The van der Waals surface area contributed by atoms with E-state index in [0.717, 1.165) is 22.7 Å². The van der Waals surface area contributed by atoms with Gasteiger partial charge in [-0.25, -0.2) is 4.98 Å². The molecule has 1 aliphatic carbocycles. The van der Waals surface area contributed by atoms with Crippen LogP contribution in [0.4, 0.5) is 10.1 Å². The maximum Gasteiger partial charge on any atom is 0.187 e. The van der Waals surface area contributed by atoms with E-state index in [1.54, 1.807) is 17.5 Å². The van der Waals surface area contributed by atoms with Crippen LogP contribution in [0, 0.1) is 0 Å². The molecule has 12 heavy (non-hydrogen) atoms. The largest absolute Gasteiger partial charge is 0.389 e. The molecule has 3 nitrogen and oxygen atoms in total. The van der Waals surface area contributed by atoms with Crippen LogP contribution in [0.1, 0.15) is 19.8 Å². The quantitative estimate of drug-likeness (QED) is 0.775. The van der Waals surface area contributed by atoms with Crippen molar-refractivity contribution < 1.29 is 0 Å². The van der Waals surface area contributed by atoms with Gasteiger partial charge in [0.05, 0.1) is 6.20 Å². The normalized spacial score (nSPS) is 16.4. The molecule has 66 valence electrons. The molecule has 1 aliphatic rings.